The van der Waals surface area contributed by atoms with Gasteiger partial charge in [-0.25, -0.2) is 0 Å². The zero-order valence-corrected chi connectivity index (χ0v) is 8.36. The summed E-state index contributed by atoms with van der Waals surface area (Å²) >= 11 is 0. The van der Waals surface area contributed by atoms with Gasteiger partial charge in [0.15, 0.2) is 0 Å². The maximum atomic E-state index is 13.0. The van der Waals surface area contributed by atoms with Gasteiger partial charge in [-0.15, -0.1) is 0 Å². The van der Waals surface area contributed by atoms with Crippen LogP contribution in [0.2, 0.25) is 0 Å². The molecule has 1 aliphatic carbocycles. The van der Waals surface area contributed by atoms with Crippen molar-refractivity contribution in [3.8, 4) is 0 Å². The lowest BCUT2D eigenvalue weighted by Crippen LogP contribution is -2.40. The van der Waals surface area contributed by atoms with E-state index in [-0.39, 0.29) is 24.2 Å². The number of ketones is 1. The van der Waals surface area contributed by atoms with Crippen LogP contribution in [0, 0.1) is 11.3 Å². The van der Waals surface area contributed by atoms with Crippen LogP contribution in [0.3, 0.4) is 0 Å². The summed E-state index contributed by atoms with van der Waals surface area (Å²) in [6.45, 7) is 5.84. The molecular formula is C10H16F2O. The maximum Gasteiger partial charge on any atom is 0.305 e. The van der Waals surface area contributed by atoms with Crippen molar-refractivity contribution in [3.05, 3.63) is 0 Å². The minimum absolute atomic E-state index is 0.0366. The second-order valence-corrected chi connectivity index (χ2v) is 4.93. The zero-order chi connectivity index (χ0) is 10.3. The van der Waals surface area contributed by atoms with Gasteiger partial charge >= 0.3 is 5.92 Å². The van der Waals surface area contributed by atoms with Crippen molar-refractivity contribution in [2.45, 2.75) is 46.0 Å². The normalized spacial score (nSPS) is 29.0. The predicted molar refractivity (Wildman–Crippen MR) is 46.8 cm³/mol. The van der Waals surface area contributed by atoms with E-state index in [1.807, 2.05) is 20.8 Å². The molecule has 0 unspecified atom stereocenters. The average molecular weight is 190 g/mol. The summed E-state index contributed by atoms with van der Waals surface area (Å²) < 4.78 is 26.1. The number of rotatable bonds is 0. The van der Waals surface area contributed by atoms with E-state index >= 15 is 0 Å². The molecule has 0 spiro atoms. The quantitative estimate of drug-likeness (QED) is 0.573. The Morgan fingerprint density at radius 2 is 1.92 bits per heavy atom. The van der Waals surface area contributed by atoms with Gasteiger partial charge in [0.2, 0.25) is 5.78 Å². The Hall–Kier alpha value is -0.470. The zero-order valence-electron chi connectivity index (χ0n) is 8.36. The number of alkyl halides is 2. The fraction of sp³-hybridized carbons (Fsp3) is 0.900. The Morgan fingerprint density at radius 1 is 1.38 bits per heavy atom. The van der Waals surface area contributed by atoms with Crippen molar-refractivity contribution in [1.29, 1.82) is 0 Å². The van der Waals surface area contributed by atoms with Crippen LogP contribution in [0.1, 0.15) is 40.0 Å². The number of hydrogen-bond donors (Lipinski definition) is 0. The van der Waals surface area contributed by atoms with Crippen LogP contribution in [-0.2, 0) is 4.79 Å². The van der Waals surface area contributed by atoms with Crippen molar-refractivity contribution in [3.63, 3.8) is 0 Å². The van der Waals surface area contributed by atoms with Gasteiger partial charge in [-0.3, -0.25) is 4.79 Å². The van der Waals surface area contributed by atoms with Gasteiger partial charge in [0.05, 0.1) is 0 Å². The van der Waals surface area contributed by atoms with Gasteiger partial charge in [0.25, 0.3) is 0 Å². The number of Topliss-reactive ketones (excluding diaryl/α,β-unsaturated/α-hetero) is 1. The molecule has 0 bridgehead atoms. The second kappa shape index (κ2) is 3.03. The van der Waals surface area contributed by atoms with Gasteiger partial charge in [0, 0.05) is 12.8 Å². The average Bonchev–Trinajstić information content (AvgIpc) is 1.92. The van der Waals surface area contributed by atoms with E-state index in [9.17, 15) is 13.6 Å². The van der Waals surface area contributed by atoms with E-state index in [1.165, 1.54) is 0 Å². The molecule has 0 radical (unpaired) electrons. The molecule has 76 valence electrons. The summed E-state index contributed by atoms with van der Waals surface area (Å²) in [7, 11) is 0. The Morgan fingerprint density at radius 3 is 2.31 bits per heavy atom. The topological polar surface area (TPSA) is 17.1 Å². The lowest BCUT2D eigenvalue weighted by Gasteiger charge is -2.36. The molecule has 3 heteroatoms. The third-order valence-corrected chi connectivity index (χ3v) is 2.86. The molecule has 0 N–H and O–H groups in total. The van der Waals surface area contributed by atoms with Crippen LogP contribution in [-0.4, -0.2) is 11.7 Å². The minimum atomic E-state index is -3.07. The summed E-state index contributed by atoms with van der Waals surface area (Å²) in [5, 5.41) is 0. The van der Waals surface area contributed by atoms with E-state index in [2.05, 4.69) is 0 Å². The third-order valence-electron chi connectivity index (χ3n) is 2.86. The Bertz CT molecular complexity index is 215. The van der Waals surface area contributed by atoms with Gasteiger partial charge in [0.1, 0.15) is 0 Å². The Kier molecular flexibility index (Phi) is 2.48. The van der Waals surface area contributed by atoms with Crippen LogP contribution in [0.25, 0.3) is 0 Å². The molecule has 0 saturated heterocycles. The molecule has 1 atom stereocenters. The Labute approximate surface area is 77.5 Å². The predicted octanol–water partition coefficient (Wildman–Crippen LogP) is 3.04. The molecule has 1 rings (SSSR count). The van der Waals surface area contributed by atoms with Gasteiger partial charge in [-0.2, -0.15) is 8.78 Å². The number of hydrogen-bond acceptors (Lipinski definition) is 1. The molecular weight excluding hydrogens is 174 g/mol. The van der Waals surface area contributed by atoms with Gasteiger partial charge in [-0.1, -0.05) is 20.8 Å². The number of carbonyl (C=O) groups excluding carboxylic acids is 1. The summed E-state index contributed by atoms with van der Waals surface area (Å²) in [6, 6.07) is 0. The van der Waals surface area contributed by atoms with E-state index in [0.717, 1.165) is 0 Å². The lowest BCUT2D eigenvalue weighted by atomic mass is 9.71. The van der Waals surface area contributed by atoms with E-state index in [0.29, 0.717) is 6.42 Å². The second-order valence-electron chi connectivity index (χ2n) is 4.93. The first-order chi connectivity index (χ1) is 5.73. The highest BCUT2D eigenvalue weighted by molar-refractivity contribution is 5.86. The van der Waals surface area contributed by atoms with Crippen LogP contribution in [0.5, 0.6) is 0 Å². The smallest absolute Gasteiger partial charge is 0.293 e. The summed E-state index contributed by atoms with van der Waals surface area (Å²) in [5.74, 6) is -4.00. The molecule has 1 nitrogen and oxygen atoms in total. The van der Waals surface area contributed by atoms with E-state index in [1.54, 1.807) is 0 Å². The Balaban J connectivity index is 2.72. The molecule has 0 aromatic rings. The fourth-order valence-electron chi connectivity index (χ4n) is 1.75. The summed E-state index contributed by atoms with van der Waals surface area (Å²) in [6.07, 6.45) is 0.377. The number of halogens is 2. The fourth-order valence-corrected chi connectivity index (χ4v) is 1.75. The molecule has 0 heterocycles. The standard InChI is InChI=1S/C10H16F2O/c1-9(2,3)7-4-5-8(13)10(11,12)6-7/h7H,4-6H2,1-3H3/t7-/m1/s1. The van der Waals surface area contributed by atoms with E-state index in [4.69, 9.17) is 0 Å². The summed E-state index contributed by atoms with van der Waals surface area (Å²) in [4.78, 5) is 10.8. The first-order valence-corrected chi connectivity index (χ1v) is 4.64. The van der Waals surface area contributed by atoms with Crippen molar-refractivity contribution >= 4 is 5.78 Å². The highest BCUT2D eigenvalue weighted by atomic mass is 19.3. The molecule has 1 fully saturated rings. The van der Waals surface area contributed by atoms with Crippen molar-refractivity contribution < 1.29 is 13.6 Å². The van der Waals surface area contributed by atoms with Crippen LogP contribution >= 0.6 is 0 Å². The molecule has 1 saturated carbocycles. The summed E-state index contributed by atoms with van der Waals surface area (Å²) in [5.41, 5.74) is -0.121. The van der Waals surface area contributed by atoms with Crippen molar-refractivity contribution in [2.75, 3.05) is 0 Å². The van der Waals surface area contributed by atoms with Crippen molar-refractivity contribution in [1.82, 2.24) is 0 Å². The van der Waals surface area contributed by atoms with E-state index < -0.39 is 11.7 Å². The van der Waals surface area contributed by atoms with Gasteiger partial charge < -0.3 is 0 Å². The highest BCUT2D eigenvalue weighted by Crippen LogP contribution is 2.42. The molecule has 0 aromatic heterocycles. The lowest BCUT2D eigenvalue weighted by molar-refractivity contribution is -0.152. The van der Waals surface area contributed by atoms with Gasteiger partial charge in [-0.05, 0) is 17.8 Å². The molecule has 13 heavy (non-hydrogen) atoms. The highest BCUT2D eigenvalue weighted by Gasteiger charge is 2.46. The molecule has 0 aromatic carbocycles. The monoisotopic (exact) mass is 190 g/mol. The van der Waals surface area contributed by atoms with Crippen LogP contribution in [0.15, 0.2) is 0 Å². The molecule has 0 amide bonds. The largest absolute Gasteiger partial charge is 0.305 e. The molecule has 0 aliphatic heterocycles. The van der Waals surface area contributed by atoms with Crippen molar-refractivity contribution in [2.24, 2.45) is 11.3 Å². The maximum absolute atomic E-state index is 13.0. The van der Waals surface area contributed by atoms with Crippen LogP contribution < -0.4 is 0 Å². The first kappa shape index (κ1) is 10.6. The van der Waals surface area contributed by atoms with Crippen LogP contribution in [0.4, 0.5) is 8.78 Å². The first-order valence-electron chi connectivity index (χ1n) is 4.64. The SMILES string of the molecule is CC(C)(C)[C@@H]1CCC(=O)C(F)(F)C1. The third kappa shape index (κ3) is 2.26. The minimum Gasteiger partial charge on any atom is -0.293 e. The number of carbonyl (C=O) groups is 1. The molecule has 1 aliphatic rings.